The highest BCUT2D eigenvalue weighted by Gasteiger charge is 2.46. The zero-order valence-electron chi connectivity index (χ0n) is 19.6. The van der Waals surface area contributed by atoms with Gasteiger partial charge in [0.2, 0.25) is 0 Å². The van der Waals surface area contributed by atoms with Crippen LogP contribution < -0.4 is 5.32 Å². The molecule has 9 heteroatoms. The molecule has 33 heavy (non-hydrogen) atoms. The van der Waals surface area contributed by atoms with Crippen molar-refractivity contribution >= 4 is 11.6 Å². The Bertz CT molecular complexity index is 1150. The number of likely N-dealkylation sites (tertiary alicyclic amines) is 1. The van der Waals surface area contributed by atoms with Crippen LogP contribution in [0.2, 0.25) is 0 Å². The van der Waals surface area contributed by atoms with Gasteiger partial charge in [0.15, 0.2) is 0 Å². The van der Waals surface area contributed by atoms with Crippen LogP contribution in [-0.2, 0) is 10.3 Å². The highest BCUT2D eigenvalue weighted by Crippen LogP contribution is 2.37. The molecule has 172 valence electrons. The Hall–Kier alpha value is -3.67. The number of hydrogen-bond acceptors (Lipinski definition) is 6. The number of amides is 1. The van der Waals surface area contributed by atoms with Gasteiger partial charge in [-0.05, 0) is 46.6 Å². The normalized spacial score (nSPS) is 17.5. The summed E-state index contributed by atoms with van der Waals surface area (Å²) in [5.41, 5.74) is 5.07. The molecule has 9 nitrogen and oxygen atoms in total. The molecule has 4 heterocycles. The fourth-order valence-electron chi connectivity index (χ4n) is 4.43. The summed E-state index contributed by atoms with van der Waals surface area (Å²) in [4.78, 5) is 19.1. The molecule has 0 radical (unpaired) electrons. The number of H-pyrrole nitrogens is 1. The number of hydrogen-bond donors (Lipinski definition) is 2. The highest BCUT2D eigenvalue weighted by atomic mass is 16.1. The first-order valence-corrected chi connectivity index (χ1v) is 11.3. The number of nitrogens with one attached hydrogen (secondary N) is 2. The molecule has 0 aromatic carbocycles. The van der Waals surface area contributed by atoms with E-state index in [1.165, 1.54) is 0 Å². The van der Waals surface area contributed by atoms with Crippen LogP contribution in [-0.4, -0.2) is 55.6 Å². The molecular weight excluding hydrogens is 416 g/mol. The lowest BCUT2D eigenvalue weighted by Crippen LogP contribution is -2.62. The number of nitriles is 1. The highest BCUT2D eigenvalue weighted by molar-refractivity contribution is 6.43. The topological polar surface area (TPSA) is 115 Å². The maximum atomic E-state index is 12.4. The Morgan fingerprint density at radius 3 is 2.82 bits per heavy atom. The van der Waals surface area contributed by atoms with E-state index in [1.54, 1.807) is 12.3 Å². The van der Waals surface area contributed by atoms with Gasteiger partial charge in [0.1, 0.15) is 11.3 Å². The predicted molar refractivity (Wildman–Crippen MR) is 126 cm³/mol. The fraction of sp³-hybridized carbons (Fsp3) is 0.458. The minimum Gasteiger partial charge on any atom is -0.368 e. The number of carbonyl (C=O) groups is 1. The third kappa shape index (κ3) is 4.46. The van der Waals surface area contributed by atoms with Crippen LogP contribution in [0.15, 0.2) is 41.4 Å². The third-order valence-corrected chi connectivity index (χ3v) is 6.12. The molecular formula is C24H30N8O. The van der Waals surface area contributed by atoms with Crippen LogP contribution in [0, 0.1) is 25.2 Å². The predicted octanol–water partition coefficient (Wildman–Crippen LogP) is 2.97. The van der Waals surface area contributed by atoms with Gasteiger partial charge >= 0.3 is 0 Å². The zero-order chi connectivity index (χ0) is 23.6. The number of aromatic amines is 1. The summed E-state index contributed by atoms with van der Waals surface area (Å²) < 4.78 is 1.93. The Kier molecular flexibility index (Phi) is 6.18. The van der Waals surface area contributed by atoms with Gasteiger partial charge in [0.05, 0.1) is 24.4 Å². The van der Waals surface area contributed by atoms with Crippen molar-refractivity contribution in [2.45, 2.75) is 58.5 Å². The lowest BCUT2D eigenvalue weighted by atomic mass is 9.85. The molecule has 1 fully saturated rings. The standard InChI is InChI=1S/C24H30N8O/c1-16(2)28-23(33)21-8-6-5-7-20(12-26-21)31-14-24(15-31,9-10-25)32-13-19(11-27-32)22-17(3)29-30-18(22)4/h6,8,11-13,16H,5,7,9,14-15H2,1-4H3,(H,28,33)(H,29,30). The van der Waals surface area contributed by atoms with Gasteiger partial charge in [-0.1, -0.05) is 6.08 Å². The Balaban J connectivity index is 1.54. The second-order valence-electron chi connectivity index (χ2n) is 9.10. The quantitative estimate of drug-likeness (QED) is 0.708. The molecule has 1 amide bonds. The van der Waals surface area contributed by atoms with Gasteiger partial charge in [-0.2, -0.15) is 15.5 Å². The van der Waals surface area contributed by atoms with Crippen molar-refractivity contribution in [3.63, 3.8) is 0 Å². The molecule has 1 saturated heterocycles. The minimum atomic E-state index is -0.390. The minimum absolute atomic E-state index is 0.0538. The van der Waals surface area contributed by atoms with Gasteiger partial charge in [-0.15, -0.1) is 0 Å². The van der Waals surface area contributed by atoms with Gasteiger partial charge in [0, 0.05) is 54.0 Å². The van der Waals surface area contributed by atoms with Crippen molar-refractivity contribution in [2.75, 3.05) is 13.1 Å². The molecule has 0 spiro atoms. The van der Waals surface area contributed by atoms with E-state index in [2.05, 4.69) is 36.6 Å². The van der Waals surface area contributed by atoms with Crippen molar-refractivity contribution < 1.29 is 4.79 Å². The van der Waals surface area contributed by atoms with Gasteiger partial charge in [-0.25, -0.2) is 4.99 Å². The summed E-state index contributed by atoms with van der Waals surface area (Å²) in [5, 5.41) is 24.4. The Morgan fingerprint density at radius 2 is 2.15 bits per heavy atom. The van der Waals surface area contributed by atoms with E-state index in [1.807, 2.05) is 50.8 Å². The SMILES string of the molecule is Cc1n[nH]c(C)c1-c1cnn(C2(CC#N)CN(C3=CN=C(C(=O)NC(C)C)C=CCC3)C2)c1. The number of rotatable bonds is 6. The number of nitrogens with zero attached hydrogens (tertiary/aromatic N) is 6. The van der Waals surface area contributed by atoms with Crippen LogP contribution in [0.1, 0.15) is 44.5 Å². The second-order valence-corrected chi connectivity index (χ2v) is 9.10. The summed E-state index contributed by atoms with van der Waals surface area (Å²) >= 11 is 0. The van der Waals surface area contributed by atoms with Crippen LogP contribution in [0.3, 0.4) is 0 Å². The molecule has 2 aliphatic heterocycles. The monoisotopic (exact) mass is 446 g/mol. The van der Waals surface area contributed by atoms with E-state index < -0.39 is 0 Å². The van der Waals surface area contributed by atoms with Crippen molar-refractivity contribution in [3.8, 4) is 17.2 Å². The van der Waals surface area contributed by atoms with Crippen LogP contribution >= 0.6 is 0 Å². The Labute approximate surface area is 193 Å². The zero-order valence-corrected chi connectivity index (χ0v) is 19.6. The number of aliphatic imine (C=N–C) groups is 1. The first kappa shape index (κ1) is 22.5. The maximum absolute atomic E-state index is 12.4. The van der Waals surface area contributed by atoms with E-state index in [0.29, 0.717) is 25.2 Å². The molecule has 2 aliphatic rings. The molecule has 0 atom stereocenters. The van der Waals surface area contributed by atoms with Crippen molar-refractivity contribution in [1.29, 1.82) is 5.26 Å². The summed E-state index contributed by atoms with van der Waals surface area (Å²) in [7, 11) is 0. The number of carbonyl (C=O) groups excluding carboxylic acids is 1. The number of allylic oxidation sites excluding steroid dienone is 2. The molecule has 2 aromatic heterocycles. The number of aryl methyl sites for hydroxylation is 2. The lowest BCUT2D eigenvalue weighted by molar-refractivity contribution is -0.115. The first-order valence-electron chi connectivity index (χ1n) is 11.3. The van der Waals surface area contributed by atoms with Crippen LogP contribution in [0.5, 0.6) is 0 Å². The second kappa shape index (κ2) is 9.06. The van der Waals surface area contributed by atoms with E-state index >= 15 is 0 Å². The van der Waals surface area contributed by atoms with E-state index in [-0.39, 0.29) is 17.5 Å². The molecule has 0 aliphatic carbocycles. The average molecular weight is 447 g/mol. The maximum Gasteiger partial charge on any atom is 0.270 e. The van der Waals surface area contributed by atoms with Gasteiger partial charge in [0.25, 0.3) is 5.91 Å². The van der Waals surface area contributed by atoms with Crippen LogP contribution in [0.4, 0.5) is 0 Å². The summed E-state index contributed by atoms with van der Waals surface area (Å²) in [6, 6.07) is 2.40. The van der Waals surface area contributed by atoms with E-state index in [0.717, 1.165) is 41.1 Å². The van der Waals surface area contributed by atoms with Crippen LogP contribution in [0.25, 0.3) is 11.1 Å². The largest absolute Gasteiger partial charge is 0.368 e. The number of aromatic nitrogens is 4. The summed E-state index contributed by atoms with van der Waals surface area (Å²) in [6.45, 7) is 9.16. The molecule has 2 aromatic rings. The van der Waals surface area contributed by atoms with Gasteiger partial charge in [-0.3, -0.25) is 14.6 Å². The average Bonchev–Trinajstić information content (AvgIpc) is 3.31. The van der Waals surface area contributed by atoms with Crippen molar-refractivity contribution in [1.82, 2.24) is 30.2 Å². The van der Waals surface area contributed by atoms with Crippen molar-refractivity contribution in [3.05, 3.63) is 47.8 Å². The summed E-state index contributed by atoms with van der Waals surface area (Å²) in [5.74, 6) is -0.171. The van der Waals surface area contributed by atoms with E-state index in [4.69, 9.17) is 0 Å². The molecule has 0 unspecified atom stereocenters. The van der Waals surface area contributed by atoms with Crippen molar-refractivity contribution in [2.24, 2.45) is 4.99 Å². The van der Waals surface area contributed by atoms with E-state index in [9.17, 15) is 10.1 Å². The molecule has 2 N–H and O–H groups in total. The Morgan fingerprint density at radius 1 is 1.36 bits per heavy atom. The smallest absolute Gasteiger partial charge is 0.270 e. The third-order valence-electron chi connectivity index (χ3n) is 6.12. The molecule has 0 bridgehead atoms. The fourth-order valence-corrected chi connectivity index (χ4v) is 4.43. The van der Waals surface area contributed by atoms with Gasteiger partial charge < -0.3 is 10.2 Å². The first-order chi connectivity index (χ1) is 15.8. The molecule has 0 saturated carbocycles. The lowest BCUT2D eigenvalue weighted by Gasteiger charge is -2.51. The summed E-state index contributed by atoms with van der Waals surface area (Å²) in [6.07, 6.45) is 11.5. The molecule has 4 rings (SSSR count).